The minimum absolute atomic E-state index is 0.197. The van der Waals surface area contributed by atoms with Crippen molar-refractivity contribution in [2.75, 3.05) is 17.6 Å². The van der Waals surface area contributed by atoms with Gasteiger partial charge in [-0.3, -0.25) is 4.79 Å². The number of hydrogen-bond donors (Lipinski definition) is 4. The second kappa shape index (κ2) is 5.44. The Morgan fingerprint density at radius 1 is 1.47 bits per heavy atom. The minimum Gasteiger partial charge on any atom is -0.397 e. The second-order valence-corrected chi connectivity index (χ2v) is 3.45. The van der Waals surface area contributed by atoms with Crippen molar-refractivity contribution in [3.05, 3.63) is 23.8 Å². The summed E-state index contributed by atoms with van der Waals surface area (Å²) in [5, 5.41) is 11.4. The molecular formula is C10H13F2N3O2. The van der Waals surface area contributed by atoms with Gasteiger partial charge in [0.15, 0.2) is 0 Å². The summed E-state index contributed by atoms with van der Waals surface area (Å²) in [6, 6.07) is 4.18. The van der Waals surface area contributed by atoms with E-state index in [0.717, 1.165) is 0 Å². The van der Waals surface area contributed by atoms with E-state index in [1.165, 1.54) is 18.2 Å². The smallest absolute Gasteiger partial charge is 0.265 e. The van der Waals surface area contributed by atoms with E-state index in [4.69, 9.17) is 16.6 Å². The summed E-state index contributed by atoms with van der Waals surface area (Å²) in [6.45, 7) is -0.336. The molecule has 17 heavy (non-hydrogen) atoms. The number of halogens is 2. The molecule has 7 heteroatoms. The van der Waals surface area contributed by atoms with Crippen LogP contribution in [0.15, 0.2) is 18.2 Å². The van der Waals surface area contributed by atoms with Crippen molar-refractivity contribution in [2.24, 2.45) is 5.73 Å². The first-order chi connectivity index (χ1) is 7.91. The number of aliphatic hydroxyl groups is 1. The summed E-state index contributed by atoms with van der Waals surface area (Å²) in [5.74, 6) is -0.629. The number of anilines is 2. The maximum Gasteiger partial charge on any atom is 0.265 e. The van der Waals surface area contributed by atoms with Gasteiger partial charge in [-0.1, -0.05) is 0 Å². The first kappa shape index (κ1) is 13.2. The number of benzene rings is 1. The third-order valence-electron chi connectivity index (χ3n) is 2.13. The zero-order valence-electron chi connectivity index (χ0n) is 8.86. The van der Waals surface area contributed by atoms with Gasteiger partial charge in [0.05, 0.1) is 11.4 Å². The summed E-state index contributed by atoms with van der Waals surface area (Å²) < 4.78 is 24.0. The van der Waals surface area contributed by atoms with E-state index in [9.17, 15) is 13.6 Å². The molecule has 0 bridgehead atoms. The topological polar surface area (TPSA) is 101 Å². The van der Waals surface area contributed by atoms with E-state index in [2.05, 4.69) is 5.32 Å². The number of nitrogens with two attached hydrogens (primary N) is 2. The maximum atomic E-state index is 12.0. The molecule has 0 aliphatic carbocycles. The molecule has 1 amide bonds. The van der Waals surface area contributed by atoms with Gasteiger partial charge in [0, 0.05) is 12.1 Å². The van der Waals surface area contributed by atoms with Crippen molar-refractivity contribution in [1.29, 1.82) is 0 Å². The lowest BCUT2D eigenvalue weighted by Crippen LogP contribution is -2.27. The molecule has 1 aromatic rings. The Kier molecular flexibility index (Phi) is 4.22. The molecule has 0 radical (unpaired) electrons. The van der Waals surface area contributed by atoms with Gasteiger partial charge in [0.25, 0.3) is 6.43 Å². The van der Waals surface area contributed by atoms with Gasteiger partial charge in [0.2, 0.25) is 5.91 Å². The molecule has 1 unspecified atom stereocenters. The molecule has 94 valence electrons. The van der Waals surface area contributed by atoms with E-state index in [1.807, 2.05) is 0 Å². The molecule has 1 atom stereocenters. The molecule has 0 aliphatic rings. The zero-order chi connectivity index (χ0) is 13.0. The average molecular weight is 245 g/mol. The number of nitrogens with one attached hydrogen (secondary N) is 1. The molecule has 0 aliphatic heterocycles. The molecule has 0 fully saturated rings. The van der Waals surface area contributed by atoms with Gasteiger partial charge in [0.1, 0.15) is 6.10 Å². The number of aliphatic hydroxyl groups excluding tert-OH is 1. The maximum absolute atomic E-state index is 12.0. The van der Waals surface area contributed by atoms with Gasteiger partial charge >= 0.3 is 0 Å². The van der Waals surface area contributed by atoms with Crippen molar-refractivity contribution in [3.8, 4) is 0 Å². The van der Waals surface area contributed by atoms with Crippen LogP contribution in [0.5, 0.6) is 0 Å². The van der Waals surface area contributed by atoms with Crippen LogP contribution in [-0.4, -0.2) is 30.1 Å². The fraction of sp³-hybridized carbons (Fsp3) is 0.300. The van der Waals surface area contributed by atoms with Crippen LogP contribution in [0, 0.1) is 0 Å². The van der Waals surface area contributed by atoms with Crippen molar-refractivity contribution in [3.63, 3.8) is 0 Å². The Labute approximate surface area is 96.4 Å². The molecular weight excluding hydrogens is 232 g/mol. The number of hydrogen-bond acceptors (Lipinski definition) is 4. The summed E-state index contributed by atoms with van der Waals surface area (Å²) in [6.07, 6.45) is -4.60. The van der Waals surface area contributed by atoms with E-state index in [0.29, 0.717) is 5.69 Å². The second-order valence-electron chi connectivity index (χ2n) is 3.45. The van der Waals surface area contributed by atoms with Crippen LogP contribution in [0.25, 0.3) is 0 Å². The molecule has 1 aromatic carbocycles. The summed E-state index contributed by atoms with van der Waals surface area (Å²) in [7, 11) is 0. The van der Waals surface area contributed by atoms with E-state index < -0.39 is 18.4 Å². The predicted octanol–water partition coefficient (Wildman–Crippen LogP) is 0.406. The van der Waals surface area contributed by atoms with Crippen LogP contribution < -0.4 is 16.8 Å². The van der Waals surface area contributed by atoms with Crippen LogP contribution in [-0.2, 0) is 0 Å². The fourth-order valence-corrected chi connectivity index (χ4v) is 1.18. The van der Waals surface area contributed by atoms with Gasteiger partial charge in [-0.2, -0.15) is 0 Å². The lowest BCUT2D eigenvalue weighted by atomic mass is 10.1. The van der Waals surface area contributed by atoms with Gasteiger partial charge in [-0.15, -0.1) is 0 Å². The largest absolute Gasteiger partial charge is 0.397 e. The monoisotopic (exact) mass is 245 g/mol. The van der Waals surface area contributed by atoms with Crippen LogP contribution in [0.1, 0.15) is 10.4 Å². The highest BCUT2D eigenvalue weighted by atomic mass is 19.3. The Morgan fingerprint density at radius 3 is 2.59 bits per heavy atom. The van der Waals surface area contributed by atoms with Crippen molar-refractivity contribution >= 4 is 17.3 Å². The SMILES string of the molecule is NC(=O)c1ccc(NCC(O)C(F)F)c(N)c1. The molecule has 0 spiro atoms. The number of carbonyl (C=O) groups excluding carboxylic acids is 1. The Bertz CT molecular complexity index is 413. The standard InChI is InChI=1S/C10H13F2N3O2/c11-9(12)8(16)4-15-7-2-1-5(10(14)17)3-6(7)13/h1-3,8-9,15-16H,4,13H2,(H2,14,17). The zero-order valence-corrected chi connectivity index (χ0v) is 8.86. The van der Waals surface area contributed by atoms with Crippen molar-refractivity contribution < 1.29 is 18.7 Å². The lowest BCUT2D eigenvalue weighted by Gasteiger charge is -2.13. The molecule has 5 nitrogen and oxygen atoms in total. The Hall–Kier alpha value is -1.89. The minimum atomic E-state index is -2.83. The Balaban J connectivity index is 2.70. The van der Waals surface area contributed by atoms with E-state index in [-0.39, 0.29) is 17.8 Å². The number of alkyl halides is 2. The quantitative estimate of drug-likeness (QED) is 0.564. The Morgan fingerprint density at radius 2 is 2.12 bits per heavy atom. The molecule has 1 rings (SSSR count). The molecule has 0 saturated heterocycles. The third kappa shape index (κ3) is 3.56. The molecule has 6 N–H and O–H groups in total. The normalized spacial score (nSPS) is 12.5. The number of amides is 1. The fourth-order valence-electron chi connectivity index (χ4n) is 1.18. The van der Waals surface area contributed by atoms with Crippen LogP contribution in [0.3, 0.4) is 0 Å². The lowest BCUT2D eigenvalue weighted by molar-refractivity contribution is 0.00385. The van der Waals surface area contributed by atoms with Crippen LogP contribution in [0.4, 0.5) is 20.2 Å². The van der Waals surface area contributed by atoms with Crippen LogP contribution in [0.2, 0.25) is 0 Å². The summed E-state index contributed by atoms with van der Waals surface area (Å²) in [4.78, 5) is 10.8. The highest BCUT2D eigenvalue weighted by molar-refractivity contribution is 5.94. The molecule has 0 heterocycles. The van der Waals surface area contributed by atoms with Crippen molar-refractivity contribution in [2.45, 2.75) is 12.5 Å². The predicted molar refractivity (Wildman–Crippen MR) is 59.9 cm³/mol. The first-order valence-electron chi connectivity index (χ1n) is 4.81. The van der Waals surface area contributed by atoms with Crippen LogP contribution >= 0.6 is 0 Å². The first-order valence-corrected chi connectivity index (χ1v) is 4.81. The third-order valence-corrected chi connectivity index (χ3v) is 2.13. The number of rotatable bonds is 5. The molecule has 0 aromatic heterocycles. The van der Waals surface area contributed by atoms with Gasteiger partial charge in [-0.05, 0) is 18.2 Å². The highest BCUT2D eigenvalue weighted by Crippen LogP contribution is 2.19. The summed E-state index contributed by atoms with van der Waals surface area (Å²) >= 11 is 0. The van der Waals surface area contributed by atoms with E-state index >= 15 is 0 Å². The number of nitrogen functional groups attached to an aromatic ring is 1. The number of carbonyl (C=O) groups is 1. The van der Waals surface area contributed by atoms with E-state index in [1.54, 1.807) is 0 Å². The van der Waals surface area contributed by atoms with Gasteiger partial charge in [-0.25, -0.2) is 8.78 Å². The van der Waals surface area contributed by atoms with Crippen molar-refractivity contribution in [1.82, 2.24) is 0 Å². The molecule has 0 saturated carbocycles. The van der Waals surface area contributed by atoms with Gasteiger partial charge < -0.3 is 21.9 Å². The summed E-state index contributed by atoms with van der Waals surface area (Å²) in [5.41, 5.74) is 11.4. The highest BCUT2D eigenvalue weighted by Gasteiger charge is 2.16. The number of primary amides is 1. The average Bonchev–Trinajstić information content (AvgIpc) is 2.26.